The van der Waals surface area contributed by atoms with E-state index in [9.17, 15) is 18.4 Å². The van der Waals surface area contributed by atoms with Crippen LogP contribution in [0.5, 0.6) is 0 Å². The van der Waals surface area contributed by atoms with Crippen molar-refractivity contribution in [1.82, 2.24) is 14.9 Å². The highest BCUT2D eigenvalue weighted by molar-refractivity contribution is 6.06. The van der Waals surface area contributed by atoms with Gasteiger partial charge in [-0.2, -0.15) is 4.39 Å². The van der Waals surface area contributed by atoms with Crippen LogP contribution >= 0.6 is 0 Å². The molecule has 28 heavy (non-hydrogen) atoms. The van der Waals surface area contributed by atoms with Crippen LogP contribution in [0.2, 0.25) is 0 Å². The Bertz CT molecular complexity index is 911. The topological polar surface area (TPSA) is 94.8 Å². The molecule has 0 spiro atoms. The number of rotatable bonds is 2. The van der Waals surface area contributed by atoms with E-state index in [0.29, 0.717) is 0 Å². The molecule has 1 aromatic rings. The number of imidazole rings is 1. The second kappa shape index (κ2) is 7.17. The fraction of sp³-hybridized carbons (Fsp3) is 0.444. The molecule has 2 heterocycles. The molecule has 2 unspecified atom stereocenters. The summed E-state index contributed by atoms with van der Waals surface area (Å²) < 4.78 is 39.9. The summed E-state index contributed by atoms with van der Waals surface area (Å²) >= 11 is 0. The van der Waals surface area contributed by atoms with Crippen molar-refractivity contribution < 1.29 is 27.8 Å². The largest absolute Gasteiger partial charge is 0.462 e. The number of aliphatic imine (C=N–C) groups is 1. The second-order valence-electron chi connectivity index (χ2n) is 7.18. The summed E-state index contributed by atoms with van der Waals surface area (Å²) in [5.74, 6) is -1.69. The van der Waals surface area contributed by atoms with Crippen LogP contribution in [-0.2, 0) is 14.3 Å². The number of amides is 1. The minimum absolute atomic E-state index is 0.0102. The Balaban J connectivity index is 1.96. The van der Waals surface area contributed by atoms with Gasteiger partial charge in [0, 0.05) is 0 Å². The number of ether oxygens (including phenoxy) is 2. The van der Waals surface area contributed by atoms with Crippen LogP contribution in [0.3, 0.4) is 0 Å². The Morgan fingerprint density at radius 3 is 2.64 bits per heavy atom. The number of carbonyl (C=O) groups is 2. The summed E-state index contributed by atoms with van der Waals surface area (Å²) in [6, 6.07) is -1.72. The summed E-state index contributed by atoms with van der Waals surface area (Å²) in [5, 5.41) is 2.44. The number of nitrogens with zero attached hydrogens (tertiary/aromatic N) is 3. The van der Waals surface area contributed by atoms with Gasteiger partial charge in [-0.1, -0.05) is 0 Å². The number of hydrogen-bond acceptors (Lipinski definition) is 6. The first-order chi connectivity index (χ1) is 13.1. The van der Waals surface area contributed by atoms with Crippen LogP contribution in [0.25, 0.3) is 0 Å². The molecule has 8 nitrogen and oxygen atoms in total. The van der Waals surface area contributed by atoms with Crippen LogP contribution in [0.1, 0.15) is 39.4 Å². The molecule has 1 aromatic heterocycles. The first-order valence-corrected chi connectivity index (χ1v) is 8.68. The van der Waals surface area contributed by atoms with Crippen molar-refractivity contribution in [2.24, 2.45) is 4.99 Å². The van der Waals surface area contributed by atoms with Crippen LogP contribution in [0.15, 0.2) is 34.7 Å². The van der Waals surface area contributed by atoms with Crippen molar-refractivity contribution in [3.05, 3.63) is 41.5 Å². The van der Waals surface area contributed by atoms with Crippen molar-refractivity contribution in [1.29, 1.82) is 0 Å². The summed E-state index contributed by atoms with van der Waals surface area (Å²) in [6.07, 6.45) is 1.86. The maximum atomic E-state index is 14.4. The maximum absolute atomic E-state index is 14.4. The first-order valence-electron chi connectivity index (χ1n) is 8.68. The molecule has 3 rings (SSSR count). The summed E-state index contributed by atoms with van der Waals surface area (Å²) in [7, 11) is 0. The molecule has 2 aliphatic rings. The van der Waals surface area contributed by atoms with Gasteiger partial charge in [0.2, 0.25) is 0 Å². The molecule has 0 aromatic carbocycles. The molecule has 0 saturated heterocycles. The van der Waals surface area contributed by atoms with Gasteiger partial charge in [-0.15, -0.1) is 0 Å². The smallest absolute Gasteiger partial charge is 0.413 e. The predicted octanol–water partition coefficient (Wildman–Crippen LogP) is 2.57. The van der Waals surface area contributed by atoms with E-state index in [4.69, 9.17) is 9.47 Å². The third-order valence-corrected chi connectivity index (χ3v) is 3.95. The molecule has 1 N–H and O–H groups in total. The Labute approximate surface area is 159 Å². The SMILES string of the molecule is CCOC(=O)C1=CC2C(C=C1F)N=C(NC(=O)OC(C)(C)C)c1cnc(F)n12. The Kier molecular flexibility index (Phi) is 5.05. The molecule has 2 atom stereocenters. The standard InChI is InChI=1S/C18H20F2N4O4/c1-5-27-15(25)9-6-12-11(7-10(9)19)22-14(13-8-21-16(20)24(12)13)23-17(26)28-18(2,3)4/h6-8,11-12H,5H2,1-4H3,(H,22,23,26). The molecular formula is C18H20F2N4O4. The van der Waals surface area contributed by atoms with Gasteiger partial charge in [0.05, 0.1) is 30.5 Å². The zero-order valence-electron chi connectivity index (χ0n) is 15.8. The van der Waals surface area contributed by atoms with Crippen molar-refractivity contribution in [2.45, 2.75) is 45.4 Å². The van der Waals surface area contributed by atoms with Gasteiger partial charge in [0.15, 0.2) is 5.84 Å². The average Bonchev–Trinajstić information content (AvgIpc) is 2.95. The minimum atomic E-state index is -0.890. The molecule has 0 radical (unpaired) electrons. The van der Waals surface area contributed by atoms with Crippen molar-refractivity contribution in [2.75, 3.05) is 6.61 Å². The van der Waals surface area contributed by atoms with E-state index in [1.165, 1.54) is 12.3 Å². The number of fused-ring (bicyclic) bond motifs is 3. The van der Waals surface area contributed by atoms with E-state index in [2.05, 4.69) is 15.3 Å². The number of amidine groups is 1. The summed E-state index contributed by atoms with van der Waals surface area (Å²) in [6.45, 7) is 6.74. The summed E-state index contributed by atoms with van der Waals surface area (Å²) in [5.41, 5.74) is -0.887. The van der Waals surface area contributed by atoms with Gasteiger partial charge in [-0.05, 0) is 39.8 Å². The maximum Gasteiger partial charge on any atom is 0.413 e. The monoisotopic (exact) mass is 394 g/mol. The zero-order valence-corrected chi connectivity index (χ0v) is 15.8. The normalized spacial score (nSPS) is 20.9. The molecule has 150 valence electrons. The fourth-order valence-corrected chi connectivity index (χ4v) is 2.91. The molecule has 1 aliphatic carbocycles. The van der Waals surface area contributed by atoms with E-state index in [-0.39, 0.29) is 23.7 Å². The van der Waals surface area contributed by atoms with E-state index in [1.807, 2.05) is 0 Å². The third-order valence-electron chi connectivity index (χ3n) is 3.95. The number of aromatic nitrogens is 2. The van der Waals surface area contributed by atoms with E-state index in [1.54, 1.807) is 27.7 Å². The molecule has 0 saturated carbocycles. The van der Waals surface area contributed by atoms with Gasteiger partial charge in [-0.25, -0.2) is 19.0 Å². The van der Waals surface area contributed by atoms with E-state index >= 15 is 0 Å². The highest BCUT2D eigenvalue weighted by Crippen LogP contribution is 2.34. The van der Waals surface area contributed by atoms with Gasteiger partial charge in [-0.3, -0.25) is 14.9 Å². The van der Waals surface area contributed by atoms with Crippen molar-refractivity contribution in [3.8, 4) is 0 Å². The number of esters is 1. The molecular weight excluding hydrogens is 374 g/mol. The van der Waals surface area contributed by atoms with Crippen LogP contribution in [0.4, 0.5) is 13.6 Å². The average molecular weight is 394 g/mol. The number of alkyl carbamates (subject to hydrolysis) is 1. The lowest BCUT2D eigenvalue weighted by molar-refractivity contribution is -0.138. The Hall–Kier alpha value is -3.04. The minimum Gasteiger partial charge on any atom is -0.462 e. The Morgan fingerprint density at radius 1 is 1.29 bits per heavy atom. The lowest BCUT2D eigenvalue weighted by atomic mass is 9.95. The quantitative estimate of drug-likeness (QED) is 0.778. The zero-order chi connectivity index (χ0) is 20.6. The van der Waals surface area contributed by atoms with Gasteiger partial charge >= 0.3 is 12.1 Å². The highest BCUT2D eigenvalue weighted by Gasteiger charge is 2.37. The molecule has 1 aliphatic heterocycles. The molecule has 0 bridgehead atoms. The van der Waals surface area contributed by atoms with Crippen LogP contribution in [-0.4, -0.2) is 45.7 Å². The molecule has 0 fully saturated rings. The molecule has 10 heteroatoms. The third kappa shape index (κ3) is 3.80. The number of carbonyl (C=O) groups excluding carboxylic acids is 2. The van der Waals surface area contributed by atoms with Crippen molar-refractivity contribution in [3.63, 3.8) is 0 Å². The van der Waals surface area contributed by atoms with Gasteiger partial charge < -0.3 is 9.47 Å². The lowest BCUT2D eigenvalue weighted by Gasteiger charge is -2.31. The fourth-order valence-electron chi connectivity index (χ4n) is 2.91. The van der Waals surface area contributed by atoms with Gasteiger partial charge in [0.1, 0.15) is 17.1 Å². The van der Waals surface area contributed by atoms with Crippen LogP contribution in [0, 0.1) is 6.08 Å². The first kappa shape index (κ1) is 19.7. The molecule has 1 amide bonds. The highest BCUT2D eigenvalue weighted by atomic mass is 19.1. The van der Waals surface area contributed by atoms with Crippen LogP contribution < -0.4 is 5.32 Å². The Morgan fingerprint density at radius 2 is 2.00 bits per heavy atom. The number of halogens is 2. The number of hydrogen-bond donors (Lipinski definition) is 1. The van der Waals surface area contributed by atoms with E-state index in [0.717, 1.165) is 10.6 Å². The lowest BCUT2D eigenvalue weighted by Crippen LogP contribution is -2.42. The van der Waals surface area contributed by atoms with Crippen molar-refractivity contribution >= 4 is 17.9 Å². The second-order valence-corrected chi connectivity index (χ2v) is 7.18. The van der Waals surface area contributed by atoms with E-state index < -0.39 is 41.7 Å². The number of nitrogens with one attached hydrogen (secondary N) is 1. The predicted molar refractivity (Wildman–Crippen MR) is 94.8 cm³/mol. The van der Waals surface area contributed by atoms with Gasteiger partial charge in [0.25, 0.3) is 6.08 Å². The summed E-state index contributed by atoms with van der Waals surface area (Å²) in [4.78, 5) is 31.9.